The highest BCUT2D eigenvalue weighted by atomic mass is 19.6. The zero-order valence-corrected chi connectivity index (χ0v) is 9.34. The number of rotatable bonds is 6. The molecule has 11 heteroatoms. The zero-order valence-electron chi connectivity index (χ0n) is 9.34. The van der Waals surface area contributed by atoms with E-state index in [1.54, 1.807) is 0 Å². The van der Waals surface area contributed by atoms with Crippen molar-refractivity contribution in [1.82, 2.24) is 0 Å². The van der Waals surface area contributed by atoms with E-state index >= 15 is 0 Å². The van der Waals surface area contributed by atoms with E-state index in [1.807, 2.05) is 0 Å². The molecule has 5 nitrogen and oxygen atoms in total. The molecule has 0 unspecified atom stereocenters. The Morgan fingerprint density at radius 3 is 0.950 bits per heavy atom. The highest BCUT2D eigenvalue weighted by Gasteiger charge is 1.76. The van der Waals surface area contributed by atoms with Crippen LogP contribution in [-0.2, 0) is 14.6 Å². The maximum Gasteiger partial charge on any atom is 0.229 e. The molecular weight excluding hydrogens is 302 g/mol. The molecule has 0 saturated carbocycles. The molecule has 0 rings (SSSR count). The molecule has 0 aliphatic rings. The smallest absolute Gasteiger partial charge is 0.229 e. The summed E-state index contributed by atoms with van der Waals surface area (Å²) in [4.78, 5) is 0. The van der Waals surface area contributed by atoms with Crippen molar-refractivity contribution >= 4 is 0 Å². The average Bonchev–Trinajstić information content (AvgIpc) is 2.36. The van der Waals surface area contributed by atoms with E-state index in [2.05, 4.69) is 9.47 Å². The number of halogens is 6. The second-order valence-electron chi connectivity index (χ2n) is 1.64. The van der Waals surface area contributed by atoms with Crippen LogP contribution in [0.4, 0.5) is 26.6 Å². The molecule has 0 spiro atoms. The van der Waals surface area contributed by atoms with Gasteiger partial charge in [0.05, 0.1) is 26.4 Å². The third-order valence-corrected chi connectivity index (χ3v) is 0.626. The number of hydrogen-bond donors (Lipinski definition) is 2. The zero-order chi connectivity index (χ0) is 15.1. The normalized spacial score (nSPS) is 7.20. The van der Waals surface area contributed by atoms with E-state index in [0.717, 1.165) is 0 Å². The summed E-state index contributed by atoms with van der Waals surface area (Å²) < 4.78 is 67.3. The number of aliphatic hydroxyl groups is 2. The Hall–Kier alpha value is -0.620. The number of alkyl halides is 4. The second-order valence-corrected chi connectivity index (χ2v) is 1.64. The summed E-state index contributed by atoms with van der Waals surface area (Å²) in [5.74, 6) is 0. The standard InChI is InChI=1S/2C3H7FO2.CH2F2.2CH4.F2O/c2*4-3-6-2-1-5;2-1-3;;;1-3-2/h2*5H,1-3H2;1H2;2*1H4;. The molecule has 0 aromatic rings. The Morgan fingerprint density at radius 1 is 0.700 bits per heavy atom. The van der Waals surface area contributed by atoms with E-state index in [0.29, 0.717) is 0 Å². The summed E-state index contributed by atoms with van der Waals surface area (Å²) in [7, 11) is 0. The van der Waals surface area contributed by atoms with Gasteiger partial charge < -0.3 is 19.7 Å². The van der Waals surface area contributed by atoms with Crippen LogP contribution in [0.5, 0.6) is 0 Å². The largest absolute Gasteiger partial charge is 0.394 e. The van der Waals surface area contributed by atoms with Crippen molar-refractivity contribution in [3.05, 3.63) is 0 Å². The SMILES string of the molecule is C.C.FCF.FOF.OCCOCF.OCCOCF. The molecule has 0 aromatic carbocycles. The maximum atomic E-state index is 10.8. The third kappa shape index (κ3) is 161. The van der Waals surface area contributed by atoms with Gasteiger partial charge in [0.1, 0.15) is 0 Å². The van der Waals surface area contributed by atoms with Gasteiger partial charge in [0.15, 0.2) is 13.7 Å². The molecule has 0 fully saturated rings. The third-order valence-electron chi connectivity index (χ3n) is 0.626. The molecule has 132 valence electrons. The first-order chi connectivity index (χ1) is 8.66. The highest BCUT2D eigenvalue weighted by Crippen LogP contribution is 1.70. The minimum absolute atomic E-state index is 0. The van der Waals surface area contributed by atoms with Crippen LogP contribution < -0.4 is 0 Å². The van der Waals surface area contributed by atoms with Crippen molar-refractivity contribution in [2.45, 2.75) is 14.9 Å². The van der Waals surface area contributed by atoms with Gasteiger partial charge in [-0.25, -0.2) is 17.6 Å². The van der Waals surface area contributed by atoms with Crippen molar-refractivity contribution < 1.29 is 51.4 Å². The fourth-order valence-electron chi connectivity index (χ4n) is 0.238. The van der Waals surface area contributed by atoms with Crippen molar-refractivity contribution in [2.24, 2.45) is 0 Å². The maximum absolute atomic E-state index is 10.8. The summed E-state index contributed by atoms with van der Waals surface area (Å²) in [6.07, 6.45) is 0. The lowest BCUT2D eigenvalue weighted by Crippen LogP contribution is -1.95. The molecular formula is C9H24F6O5. The molecule has 0 radical (unpaired) electrons. The first kappa shape index (κ1) is 36.6. The van der Waals surface area contributed by atoms with Crippen LogP contribution in [0.1, 0.15) is 14.9 Å². The minimum atomic E-state index is -1.75. The molecule has 0 heterocycles. The first-order valence-corrected chi connectivity index (χ1v) is 4.16. The summed E-state index contributed by atoms with van der Waals surface area (Å²) in [6.45, 7) is -3.39. The number of ether oxygens (including phenoxy) is 2. The van der Waals surface area contributed by atoms with E-state index in [1.165, 1.54) is 5.15 Å². The molecule has 0 amide bonds. The van der Waals surface area contributed by atoms with Crippen LogP contribution in [0.2, 0.25) is 0 Å². The topological polar surface area (TPSA) is 68.2 Å². The molecule has 0 aliphatic carbocycles. The summed E-state index contributed by atoms with van der Waals surface area (Å²) in [5, 5.41) is 17.1. The van der Waals surface area contributed by atoms with Gasteiger partial charge in [0.2, 0.25) is 6.93 Å². The predicted octanol–water partition coefficient (Wildman–Crippen LogP) is 2.77. The highest BCUT2D eigenvalue weighted by molar-refractivity contribution is 4.15. The van der Waals surface area contributed by atoms with Gasteiger partial charge in [-0.05, 0) is 9.05 Å². The lowest BCUT2D eigenvalue weighted by molar-refractivity contribution is -0.317. The fourth-order valence-corrected chi connectivity index (χ4v) is 0.238. The van der Waals surface area contributed by atoms with E-state index in [9.17, 15) is 17.6 Å². The lowest BCUT2D eigenvalue weighted by atomic mass is 10.8. The quantitative estimate of drug-likeness (QED) is 0.580. The van der Waals surface area contributed by atoms with Gasteiger partial charge in [-0.15, -0.1) is 0 Å². The molecule has 0 aliphatic heterocycles. The Balaban J connectivity index is -0.0000000332. The van der Waals surface area contributed by atoms with Crippen molar-refractivity contribution in [3.63, 3.8) is 0 Å². The molecule has 0 saturated heterocycles. The van der Waals surface area contributed by atoms with Crippen molar-refractivity contribution in [2.75, 3.05) is 47.1 Å². The van der Waals surface area contributed by atoms with Gasteiger partial charge in [-0.2, -0.15) is 0 Å². The second kappa shape index (κ2) is 63.1. The van der Waals surface area contributed by atoms with Crippen LogP contribution in [0.3, 0.4) is 0 Å². The van der Waals surface area contributed by atoms with Crippen LogP contribution in [-0.4, -0.2) is 57.3 Å². The average molecular weight is 326 g/mol. The van der Waals surface area contributed by atoms with Crippen molar-refractivity contribution in [3.8, 4) is 0 Å². The molecule has 20 heavy (non-hydrogen) atoms. The monoisotopic (exact) mass is 326 g/mol. The predicted molar refractivity (Wildman–Crippen MR) is 61.9 cm³/mol. The van der Waals surface area contributed by atoms with Crippen LogP contribution in [0, 0.1) is 0 Å². The molecule has 2 N–H and O–H groups in total. The summed E-state index contributed by atoms with van der Waals surface area (Å²) in [6, 6.07) is 0. The Labute approximate surface area is 114 Å². The fraction of sp³-hybridized carbons (Fsp3) is 1.00. The lowest BCUT2D eigenvalue weighted by Gasteiger charge is -1.88. The van der Waals surface area contributed by atoms with Gasteiger partial charge in [0, 0.05) is 5.15 Å². The van der Waals surface area contributed by atoms with E-state index < -0.39 is 20.6 Å². The Bertz CT molecular complexity index is 79.2. The Morgan fingerprint density at radius 2 is 0.900 bits per heavy atom. The molecule has 0 bridgehead atoms. The van der Waals surface area contributed by atoms with Gasteiger partial charge in [-0.1, -0.05) is 14.9 Å². The van der Waals surface area contributed by atoms with Gasteiger partial charge in [-0.3, -0.25) is 0 Å². The number of hydrogen-bond acceptors (Lipinski definition) is 5. The van der Waals surface area contributed by atoms with Crippen LogP contribution in [0.25, 0.3) is 0 Å². The summed E-state index contributed by atoms with van der Waals surface area (Å²) in [5.41, 5.74) is 0. The van der Waals surface area contributed by atoms with Crippen LogP contribution >= 0.6 is 0 Å². The summed E-state index contributed by atoms with van der Waals surface area (Å²) >= 11 is 0. The first-order valence-electron chi connectivity index (χ1n) is 4.16. The van der Waals surface area contributed by atoms with E-state index in [-0.39, 0.29) is 41.3 Å². The molecule has 0 aromatic heterocycles. The van der Waals surface area contributed by atoms with Crippen LogP contribution in [0.15, 0.2) is 0 Å². The minimum Gasteiger partial charge on any atom is -0.394 e. The molecule has 0 atom stereocenters. The van der Waals surface area contributed by atoms with Gasteiger partial charge in [0.25, 0.3) is 0 Å². The van der Waals surface area contributed by atoms with Gasteiger partial charge >= 0.3 is 0 Å². The van der Waals surface area contributed by atoms with E-state index in [4.69, 9.17) is 19.3 Å². The number of aliphatic hydroxyl groups excluding tert-OH is 2. The Kier molecular flexibility index (Phi) is 115. The van der Waals surface area contributed by atoms with Crippen molar-refractivity contribution in [1.29, 1.82) is 0 Å².